The van der Waals surface area contributed by atoms with Crippen LogP contribution in [-0.4, -0.2) is 32.2 Å². The van der Waals surface area contributed by atoms with Crippen LogP contribution in [0.2, 0.25) is 5.02 Å². The van der Waals surface area contributed by atoms with Gasteiger partial charge in [-0.15, -0.1) is 0 Å². The summed E-state index contributed by atoms with van der Waals surface area (Å²) in [5, 5.41) is 2.98. The molecule has 0 radical (unpaired) electrons. The van der Waals surface area contributed by atoms with E-state index < -0.39 is 11.9 Å². The summed E-state index contributed by atoms with van der Waals surface area (Å²) < 4.78 is 9.22. The highest BCUT2D eigenvalue weighted by molar-refractivity contribution is 6.33. The highest BCUT2D eigenvalue weighted by atomic mass is 35.5. The van der Waals surface area contributed by atoms with Gasteiger partial charge in [0, 0.05) is 7.11 Å². The Balaban J connectivity index is 2.47. The normalized spacial score (nSPS) is 9.94. The number of hydrogen-bond donors (Lipinski definition) is 1. The average Bonchev–Trinajstić information content (AvgIpc) is 2.31. The molecular formula is C12H14ClNO4. The maximum Gasteiger partial charge on any atom is 0.332 e. The van der Waals surface area contributed by atoms with Gasteiger partial charge in [-0.2, -0.15) is 0 Å². The lowest BCUT2D eigenvalue weighted by Gasteiger charge is -2.08. The summed E-state index contributed by atoms with van der Waals surface area (Å²) in [7, 11) is 1.37. The lowest BCUT2D eigenvalue weighted by molar-refractivity contribution is -0.150. The van der Waals surface area contributed by atoms with Crippen molar-refractivity contribution in [3.63, 3.8) is 0 Å². The van der Waals surface area contributed by atoms with Gasteiger partial charge < -0.3 is 14.8 Å². The van der Waals surface area contributed by atoms with E-state index >= 15 is 0 Å². The number of halogens is 1. The van der Waals surface area contributed by atoms with Crippen LogP contribution in [0.5, 0.6) is 0 Å². The molecule has 6 heteroatoms. The van der Waals surface area contributed by atoms with Crippen LogP contribution < -0.4 is 5.32 Å². The van der Waals surface area contributed by atoms with Crippen molar-refractivity contribution in [1.29, 1.82) is 0 Å². The largest absolute Gasteiger partial charge is 0.454 e. The molecule has 1 N–H and O–H groups in total. The summed E-state index contributed by atoms with van der Waals surface area (Å²) >= 11 is 5.94. The topological polar surface area (TPSA) is 64.6 Å². The molecule has 0 unspecified atom stereocenters. The van der Waals surface area contributed by atoms with E-state index in [1.807, 2.05) is 13.0 Å². The quantitative estimate of drug-likeness (QED) is 0.829. The smallest absolute Gasteiger partial charge is 0.332 e. The Labute approximate surface area is 110 Å². The molecule has 1 aromatic rings. The van der Waals surface area contributed by atoms with Crippen LogP contribution in [0.15, 0.2) is 18.2 Å². The van der Waals surface area contributed by atoms with Crippen LogP contribution in [0.25, 0.3) is 0 Å². The summed E-state index contributed by atoms with van der Waals surface area (Å²) in [6.45, 7) is 1.34. The highest BCUT2D eigenvalue weighted by Crippen LogP contribution is 2.22. The number of aryl methyl sites for hydroxylation is 1. The van der Waals surface area contributed by atoms with Gasteiger partial charge in [-0.3, -0.25) is 4.79 Å². The number of benzene rings is 1. The Hall–Kier alpha value is -1.59. The van der Waals surface area contributed by atoms with Crippen LogP contribution in [0.3, 0.4) is 0 Å². The lowest BCUT2D eigenvalue weighted by atomic mass is 10.2. The minimum atomic E-state index is -0.595. The van der Waals surface area contributed by atoms with Crippen molar-refractivity contribution in [3.8, 4) is 0 Å². The van der Waals surface area contributed by atoms with Crippen molar-refractivity contribution in [2.24, 2.45) is 0 Å². The SMILES string of the molecule is COCC(=O)OCC(=O)Nc1ccc(C)cc1Cl. The average molecular weight is 272 g/mol. The fraction of sp³-hybridized carbons (Fsp3) is 0.333. The Morgan fingerprint density at radius 2 is 2.06 bits per heavy atom. The van der Waals surface area contributed by atoms with Gasteiger partial charge in [-0.25, -0.2) is 4.79 Å². The molecule has 0 aliphatic rings. The molecule has 0 bridgehead atoms. The fourth-order valence-corrected chi connectivity index (χ4v) is 1.50. The molecule has 5 nitrogen and oxygen atoms in total. The molecule has 18 heavy (non-hydrogen) atoms. The van der Waals surface area contributed by atoms with Crippen molar-refractivity contribution in [2.75, 3.05) is 25.6 Å². The molecule has 0 atom stereocenters. The van der Waals surface area contributed by atoms with E-state index in [0.717, 1.165) is 5.56 Å². The zero-order valence-corrected chi connectivity index (χ0v) is 10.9. The number of nitrogens with one attached hydrogen (secondary N) is 1. The third-order valence-electron chi connectivity index (χ3n) is 2.03. The number of methoxy groups -OCH3 is 1. The Bertz CT molecular complexity index is 448. The van der Waals surface area contributed by atoms with Gasteiger partial charge in [0.15, 0.2) is 6.61 Å². The molecular weight excluding hydrogens is 258 g/mol. The van der Waals surface area contributed by atoms with Gasteiger partial charge in [0.05, 0.1) is 10.7 Å². The number of amides is 1. The maximum absolute atomic E-state index is 11.5. The molecule has 0 fully saturated rings. The van der Waals surface area contributed by atoms with Crippen LogP contribution in [0.4, 0.5) is 5.69 Å². The van der Waals surface area contributed by atoms with E-state index in [9.17, 15) is 9.59 Å². The first-order chi connectivity index (χ1) is 8.52. The minimum absolute atomic E-state index is 0.182. The van der Waals surface area contributed by atoms with Crippen LogP contribution in [0.1, 0.15) is 5.56 Å². The predicted octanol–water partition coefficient (Wildman–Crippen LogP) is 1.78. The fourth-order valence-electron chi connectivity index (χ4n) is 1.21. The first-order valence-corrected chi connectivity index (χ1v) is 5.61. The Morgan fingerprint density at radius 1 is 1.33 bits per heavy atom. The van der Waals surface area contributed by atoms with Crippen LogP contribution >= 0.6 is 11.6 Å². The monoisotopic (exact) mass is 271 g/mol. The van der Waals surface area contributed by atoms with Crippen molar-refractivity contribution in [3.05, 3.63) is 28.8 Å². The second-order valence-corrected chi connectivity index (χ2v) is 4.03. The van der Waals surface area contributed by atoms with Gasteiger partial charge >= 0.3 is 5.97 Å². The van der Waals surface area contributed by atoms with Crippen LogP contribution in [-0.2, 0) is 19.1 Å². The third-order valence-corrected chi connectivity index (χ3v) is 2.34. The first-order valence-electron chi connectivity index (χ1n) is 5.23. The van der Waals surface area contributed by atoms with Crippen molar-refractivity contribution in [2.45, 2.75) is 6.92 Å². The number of ether oxygens (including phenoxy) is 2. The van der Waals surface area contributed by atoms with Gasteiger partial charge in [0.25, 0.3) is 5.91 Å². The number of esters is 1. The van der Waals surface area contributed by atoms with Crippen molar-refractivity contribution < 1.29 is 19.1 Å². The minimum Gasteiger partial charge on any atom is -0.454 e. The molecule has 0 aromatic heterocycles. The molecule has 0 heterocycles. The van der Waals surface area contributed by atoms with E-state index in [1.54, 1.807) is 12.1 Å². The van der Waals surface area contributed by atoms with Crippen molar-refractivity contribution in [1.82, 2.24) is 0 Å². The molecule has 0 saturated heterocycles. The number of anilines is 1. The van der Waals surface area contributed by atoms with E-state index in [4.69, 9.17) is 11.6 Å². The number of carbonyl (C=O) groups is 2. The first kappa shape index (κ1) is 14.5. The number of carbonyl (C=O) groups excluding carboxylic acids is 2. The lowest BCUT2D eigenvalue weighted by Crippen LogP contribution is -2.22. The zero-order chi connectivity index (χ0) is 13.5. The van der Waals surface area contributed by atoms with E-state index in [0.29, 0.717) is 10.7 Å². The summed E-state index contributed by atoms with van der Waals surface area (Å²) in [4.78, 5) is 22.4. The van der Waals surface area contributed by atoms with E-state index in [-0.39, 0.29) is 13.2 Å². The second-order valence-electron chi connectivity index (χ2n) is 3.63. The number of rotatable bonds is 5. The van der Waals surface area contributed by atoms with Gasteiger partial charge in [-0.1, -0.05) is 17.7 Å². The molecule has 0 aliphatic carbocycles. The van der Waals surface area contributed by atoms with Gasteiger partial charge in [0.2, 0.25) is 0 Å². The zero-order valence-electron chi connectivity index (χ0n) is 10.2. The molecule has 0 spiro atoms. The molecule has 0 saturated carbocycles. The van der Waals surface area contributed by atoms with Gasteiger partial charge in [0.1, 0.15) is 6.61 Å². The summed E-state index contributed by atoms with van der Waals surface area (Å²) in [6, 6.07) is 5.24. The second kappa shape index (κ2) is 6.98. The van der Waals surface area contributed by atoms with Crippen LogP contribution in [0, 0.1) is 6.92 Å². The summed E-state index contributed by atoms with van der Waals surface area (Å²) in [5.41, 5.74) is 1.47. The summed E-state index contributed by atoms with van der Waals surface area (Å²) in [5.74, 6) is -1.05. The van der Waals surface area contributed by atoms with E-state index in [2.05, 4.69) is 14.8 Å². The molecule has 1 aromatic carbocycles. The standard InChI is InChI=1S/C12H14ClNO4/c1-8-3-4-10(9(13)5-8)14-11(15)6-18-12(16)7-17-2/h3-5H,6-7H2,1-2H3,(H,14,15). The Morgan fingerprint density at radius 3 is 2.67 bits per heavy atom. The molecule has 1 rings (SSSR count). The maximum atomic E-state index is 11.5. The number of hydrogen-bond acceptors (Lipinski definition) is 4. The van der Waals surface area contributed by atoms with Gasteiger partial charge in [-0.05, 0) is 24.6 Å². The molecule has 98 valence electrons. The Kier molecular flexibility index (Phi) is 5.61. The third kappa shape index (κ3) is 4.73. The summed E-state index contributed by atoms with van der Waals surface area (Å²) in [6.07, 6.45) is 0. The van der Waals surface area contributed by atoms with E-state index in [1.165, 1.54) is 7.11 Å². The molecule has 0 aliphatic heterocycles. The molecule has 1 amide bonds. The van der Waals surface area contributed by atoms with Crippen molar-refractivity contribution >= 4 is 29.2 Å². The predicted molar refractivity (Wildman–Crippen MR) is 67.7 cm³/mol. The highest BCUT2D eigenvalue weighted by Gasteiger charge is 2.09.